The van der Waals surface area contributed by atoms with Gasteiger partial charge in [-0.1, -0.05) is 53.4 Å². The van der Waals surface area contributed by atoms with Crippen molar-refractivity contribution in [3.8, 4) is 0 Å². The first-order valence-corrected chi connectivity index (χ1v) is 8.62. The van der Waals surface area contributed by atoms with Crippen LogP contribution in [0.2, 0.25) is 0 Å². The highest BCUT2D eigenvalue weighted by atomic mass is 31.1. The molecule has 0 saturated heterocycles. The van der Waals surface area contributed by atoms with Crippen LogP contribution in [0.25, 0.3) is 0 Å². The maximum Gasteiger partial charge on any atom is 0.319 e. The summed E-state index contributed by atoms with van der Waals surface area (Å²) in [5.74, 6) is 0.944. The summed E-state index contributed by atoms with van der Waals surface area (Å²) in [5.41, 5.74) is 0. The summed E-state index contributed by atoms with van der Waals surface area (Å²) in [6.07, 6.45) is 7.09. The van der Waals surface area contributed by atoms with Crippen LogP contribution in [0.1, 0.15) is 66.2 Å². The fraction of sp³-hybridized carbons (Fsp3) is 1.00. The predicted octanol–water partition coefficient (Wildman–Crippen LogP) is 5.06. The van der Waals surface area contributed by atoms with Crippen molar-refractivity contribution in [3.05, 3.63) is 0 Å². The lowest BCUT2D eigenvalue weighted by Crippen LogP contribution is -2.05. The second-order valence-electron chi connectivity index (χ2n) is 5.37. The van der Waals surface area contributed by atoms with Crippen LogP contribution < -0.4 is 0 Å². The van der Waals surface area contributed by atoms with E-state index in [0.717, 1.165) is 12.8 Å². The zero-order chi connectivity index (χ0) is 13.8. The second kappa shape index (κ2) is 12.2. The maximum absolute atomic E-state index is 11.5. The van der Waals surface area contributed by atoms with Gasteiger partial charge in [-0.2, -0.15) is 0 Å². The number of hydrogen-bond donors (Lipinski definition) is 0. The Morgan fingerprint density at radius 3 is 1.61 bits per heavy atom. The Hall–Kier alpha value is 0.150. The van der Waals surface area contributed by atoms with Gasteiger partial charge in [0.15, 0.2) is 0 Å². The average Bonchev–Trinajstić information content (AvgIpc) is 2.37. The van der Waals surface area contributed by atoms with E-state index in [-0.39, 0.29) is 0 Å². The quantitative estimate of drug-likeness (QED) is 0.468. The van der Waals surface area contributed by atoms with Gasteiger partial charge >= 0.3 is 8.25 Å². The first-order valence-electron chi connectivity index (χ1n) is 7.39. The van der Waals surface area contributed by atoms with Crippen molar-refractivity contribution < 1.29 is 13.6 Å². The summed E-state index contributed by atoms with van der Waals surface area (Å²) in [5, 5.41) is 0. The van der Waals surface area contributed by atoms with Crippen LogP contribution in [-0.2, 0) is 13.6 Å². The van der Waals surface area contributed by atoms with E-state index in [4.69, 9.17) is 9.05 Å². The molecule has 0 aromatic heterocycles. The van der Waals surface area contributed by atoms with E-state index in [1.165, 1.54) is 25.7 Å². The van der Waals surface area contributed by atoms with E-state index < -0.39 is 8.25 Å². The molecule has 2 unspecified atom stereocenters. The molecule has 0 spiro atoms. The highest BCUT2D eigenvalue weighted by Crippen LogP contribution is 2.27. The van der Waals surface area contributed by atoms with Crippen LogP contribution in [0.15, 0.2) is 0 Å². The molecule has 0 saturated carbocycles. The minimum Gasteiger partial charge on any atom is -0.310 e. The van der Waals surface area contributed by atoms with Gasteiger partial charge in [0.1, 0.15) is 0 Å². The summed E-state index contributed by atoms with van der Waals surface area (Å²) >= 11 is 0. The lowest BCUT2D eigenvalue weighted by atomic mass is 10.1. The smallest absolute Gasteiger partial charge is 0.310 e. The third kappa shape index (κ3) is 11.3. The summed E-state index contributed by atoms with van der Waals surface area (Å²) in [7, 11) is -2.28. The van der Waals surface area contributed by atoms with Gasteiger partial charge in [0, 0.05) is 0 Å². The van der Waals surface area contributed by atoms with Crippen molar-refractivity contribution in [1.82, 2.24) is 0 Å². The van der Waals surface area contributed by atoms with E-state index in [1.54, 1.807) is 0 Å². The summed E-state index contributed by atoms with van der Waals surface area (Å²) in [4.78, 5) is 0. The normalized spacial score (nSPS) is 16.4. The number of hydrogen-bond acceptors (Lipinski definition) is 3. The highest BCUT2D eigenvalue weighted by Gasteiger charge is 2.08. The molecule has 18 heavy (non-hydrogen) atoms. The van der Waals surface area contributed by atoms with Gasteiger partial charge in [-0.15, -0.1) is 0 Å². The third-order valence-corrected chi connectivity index (χ3v) is 3.88. The standard InChI is InChI=1S/C14H31O3P/c1-5-7-9-13(3)11-16-18(15)17-12-14(4)10-8-6-2/h13-14,18H,5-12H2,1-4H3. The lowest BCUT2D eigenvalue weighted by Gasteiger charge is -2.13. The summed E-state index contributed by atoms with van der Waals surface area (Å²) in [6, 6.07) is 0. The molecule has 0 bridgehead atoms. The van der Waals surface area contributed by atoms with Crippen molar-refractivity contribution in [2.45, 2.75) is 66.2 Å². The zero-order valence-corrected chi connectivity index (χ0v) is 13.5. The van der Waals surface area contributed by atoms with Gasteiger partial charge in [-0.25, -0.2) is 0 Å². The Bertz CT molecular complexity index is 189. The van der Waals surface area contributed by atoms with Crippen LogP contribution in [0, 0.1) is 11.8 Å². The van der Waals surface area contributed by atoms with Gasteiger partial charge < -0.3 is 9.05 Å². The molecule has 0 rings (SSSR count). The van der Waals surface area contributed by atoms with E-state index in [0.29, 0.717) is 25.0 Å². The molecule has 0 aromatic rings. The van der Waals surface area contributed by atoms with Crippen LogP contribution in [-0.4, -0.2) is 13.2 Å². The van der Waals surface area contributed by atoms with Crippen LogP contribution >= 0.6 is 8.25 Å². The number of rotatable bonds is 12. The van der Waals surface area contributed by atoms with E-state index in [9.17, 15) is 4.57 Å². The molecule has 0 aliphatic heterocycles. The molecule has 0 aliphatic carbocycles. The molecule has 0 aromatic carbocycles. The molecule has 0 radical (unpaired) electrons. The summed E-state index contributed by atoms with van der Waals surface area (Å²) in [6.45, 7) is 9.74. The molecule has 3 nitrogen and oxygen atoms in total. The highest BCUT2D eigenvalue weighted by molar-refractivity contribution is 7.33. The first-order chi connectivity index (χ1) is 8.60. The number of unbranched alkanes of at least 4 members (excludes halogenated alkanes) is 2. The molecule has 0 fully saturated rings. The fourth-order valence-corrected chi connectivity index (χ4v) is 2.66. The van der Waals surface area contributed by atoms with E-state index >= 15 is 0 Å². The van der Waals surface area contributed by atoms with Gasteiger partial charge in [0.2, 0.25) is 0 Å². The fourth-order valence-electron chi connectivity index (χ4n) is 1.73. The van der Waals surface area contributed by atoms with Crippen LogP contribution in [0.5, 0.6) is 0 Å². The van der Waals surface area contributed by atoms with Crippen molar-refractivity contribution in [3.63, 3.8) is 0 Å². The van der Waals surface area contributed by atoms with Crippen LogP contribution in [0.3, 0.4) is 0 Å². The van der Waals surface area contributed by atoms with Gasteiger partial charge in [-0.05, 0) is 24.7 Å². The monoisotopic (exact) mass is 278 g/mol. The third-order valence-electron chi connectivity index (χ3n) is 3.07. The Morgan fingerprint density at radius 1 is 0.889 bits per heavy atom. The van der Waals surface area contributed by atoms with Crippen molar-refractivity contribution in [1.29, 1.82) is 0 Å². The minimum absolute atomic E-state index is 0.472. The van der Waals surface area contributed by atoms with Crippen molar-refractivity contribution in [2.75, 3.05) is 13.2 Å². The molecule has 0 amide bonds. The van der Waals surface area contributed by atoms with Crippen molar-refractivity contribution in [2.24, 2.45) is 11.8 Å². The first kappa shape index (κ1) is 18.1. The Kier molecular flexibility index (Phi) is 12.3. The summed E-state index contributed by atoms with van der Waals surface area (Å²) < 4.78 is 22.1. The van der Waals surface area contributed by atoms with E-state index in [1.807, 2.05) is 0 Å². The molecule has 110 valence electrons. The molecule has 0 aliphatic rings. The predicted molar refractivity (Wildman–Crippen MR) is 78.3 cm³/mol. The topological polar surface area (TPSA) is 35.5 Å². The Morgan fingerprint density at radius 2 is 1.28 bits per heavy atom. The van der Waals surface area contributed by atoms with Crippen molar-refractivity contribution >= 4 is 8.25 Å². The van der Waals surface area contributed by atoms with E-state index in [2.05, 4.69) is 27.7 Å². The molecule has 0 heterocycles. The lowest BCUT2D eigenvalue weighted by molar-refractivity contribution is 0.178. The Labute approximate surface area is 114 Å². The second-order valence-corrected chi connectivity index (χ2v) is 6.44. The molecule has 0 N–H and O–H groups in total. The molecular formula is C14H31O3P. The Balaban J connectivity index is 3.52. The molecule has 2 atom stereocenters. The SMILES string of the molecule is CCCCC(C)CO[PH](=O)OCC(C)CCCC. The molecular weight excluding hydrogens is 247 g/mol. The average molecular weight is 278 g/mol. The minimum atomic E-state index is -2.28. The maximum atomic E-state index is 11.5. The van der Waals surface area contributed by atoms with Gasteiger partial charge in [-0.3, -0.25) is 4.57 Å². The van der Waals surface area contributed by atoms with Crippen LogP contribution in [0.4, 0.5) is 0 Å². The molecule has 4 heteroatoms. The zero-order valence-electron chi connectivity index (χ0n) is 12.5. The largest absolute Gasteiger partial charge is 0.319 e. The van der Waals surface area contributed by atoms with Gasteiger partial charge in [0.25, 0.3) is 0 Å². The van der Waals surface area contributed by atoms with Gasteiger partial charge in [0.05, 0.1) is 13.2 Å².